The van der Waals surface area contributed by atoms with Gasteiger partial charge in [-0.25, -0.2) is 9.78 Å². The molecule has 25 heavy (non-hydrogen) atoms. The van der Waals surface area contributed by atoms with Crippen molar-refractivity contribution in [3.8, 4) is 5.75 Å². The first-order chi connectivity index (χ1) is 12.1. The van der Waals surface area contributed by atoms with E-state index in [2.05, 4.69) is 15.5 Å². The highest BCUT2D eigenvalue weighted by Crippen LogP contribution is 2.17. The number of nitrogen functional groups attached to an aromatic ring is 1. The third-order valence-corrected chi connectivity index (χ3v) is 4.06. The number of benzene rings is 2. The van der Waals surface area contributed by atoms with Crippen LogP contribution < -0.4 is 15.9 Å². The minimum Gasteiger partial charge on any atom is -0.423 e. The Morgan fingerprint density at radius 1 is 1.28 bits per heavy atom. The first kappa shape index (κ1) is 16.9. The van der Waals surface area contributed by atoms with Gasteiger partial charge in [-0.15, -0.1) is 11.3 Å². The minimum absolute atomic E-state index is 0.419. The molecule has 6 nitrogen and oxygen atoms in total. The molecule has 0 radical (unpaired) electrons. The van der Waals surface area contributed by atoms with Crippen molar-refractivity contribution in [2.45, 2.75) is 0 Å². The van der Waals surface area contributed by atoms with E-state index >= 15 is 0 Å². The van der Waals surface area contributed by atoms with Gasteiger partial charge in [0.2, 0.25) is 5.13 Å². The second-order valence-corrected chi connectivity index (χ2v) is 6.21. The van der Waals surface area contributed by atoms with Crippen LogP contribution in [0.5, 0.6) is 5.75 Å². The zero-order chi connectivity index (χ0) is 17.6. The van der Waals surface area contributed by atoms with Gasteiger partial charge in [-0.1, -0.05) is 23.7 Å². The Morgan fingerprint density at radius 2 is 2.08 bits per heavy atom. The molecule has 126 valence electrons. The van der Waals surface area contributed by atoms with Crippen molar-refractivity contribution in [1.29, 1.82) is 0 Å². The molecule has 0 aliphatic rings. The van der Waals surface area contributed by atoms with Crippen molar-refractivity contribution in [3.05, 3.63) is 70.1 Å². The highest BCUT2D eigenvalue weighted by atomic mass is 35.5. The van der Waals surface area contributed by atoms with E-state index < -0.39 is 5.97 Å². The van der Waals surface area contributed by atoms with Gasteiger partial charge in [0.15, 0.2) is 0 Å². The zero-order valence-corrected chi connectivity index (χ0v) is 14.4. The second-order valence-electron chi connectivity index (χ2n) is 4.92. The normalized spacial score (nSPS) is 10.8. The lowest BCUT2D eigenvalue weighted by Crippen LogP contribution is -2.08. The number of carbonyl (C=O) groups is 1. The van der Waals surface area contributed by atoms with Gasteiger partial charge in [0.25, 0.3) is 0 Å². The number of esters is 1. The van der Waals surface area contributed by atoms with Crippen molar-refractivity contribution < 1.29 is 9.53 Å². The van der Waals surface area contributed by atoms with Crippen LogP contribution in [0.2, 0.25) is 5.02 Å². The number of ether oxygens (including phenoxy) is 1. The molecule has 0 aliphatic heterocycles. The van der Waals surface area contributed by atoms with Crippen LogP contribution in [0.25, 0.3) is 0 Å². The minimum atomic E-state index is -0.456. The standard InChI is InChI=1S/C17H13ClN4O2S/c18-13-6-4-12(5-7-13)16(23)24-14-3-1-2-11(8-14)9-20-22-17-21-15(19)10-25-17/h1-10H,19H2,(H,21,22). The lowest BCUT2D eigenvalue weighted by molar-refractivity contribution is 0.0735. The average Bonchev–Trinajstić information content (AvgIpc) is 3.01. The molecule has 0 amide bonds. The molecule has 3 aromatic rings. The van der Waals surface area contributed by atoms with Crippen LogP contribution in [0.15, 0.2) is 59.0 Å². The third-order valence-electron chi connectivity index (χ3n) is 3.04. The van der Waals surface area contributed by atoms with Gasteiger partial charge in [0.05, 0.1) is 11.8 Å². The Hall–Kier alpha value is -2.90. The molecule has 0 atom stereocenters. The topological polar surface area (TPSA) is 89.6 Å². The van der Waals surface area contributed by atoms with Gasteiger partial charge < -0.3 is 10.5 Å². The monoisotopic (exact) mass is 372 g/mol. The van der Waals surface area contributed by atoms with E-state index in [1.165, 1.54) is 11.3 Å². The van der Waals surface area contributed by atoms with Crippen LogP contribution in [-0.2, 0) is 0 Å². The summed E-state index contributed by atoms with van der Waals surface area (Å²) in [5, 5.41) is 6.95. The second kappa shape index (κ2) is 7.78. The number of thiazole rings is 1. The number of hydrogen-bond acceptors (Lipinski definition) is 7. The quantitative estimate of drug-likeness (QED) is 0.305. The van der Waals surface area contributed by atoms with Gasteiger partial charge >= 0.3 is 5.97 Å². The molecule has 3 N–H and O–H groups in total. The van der Waals surface area contributed by atoms with Gasteiger partial charge in [-0.05, 0) is 42.0 Å². The largest absolute Gasteiger partial charge is 0.423 e. The fraction of sp³-hybridized carbons (Fsp3) is 0. The number of anilines is 2. The summed E-state index contributed by atoms with van der Waals surface area (Å²) in [5.74, 6) is 0.406. The highest BCUT2D eigenvalue weighted by Gasteiger charge is 2.08. The molecule has 0 spiro atoms. The van der Waals surface area contributed by atoms with Crippen molar-refractivity contribution in [2.75, 3.05) is 11.2 Å². The maximum atomic E-state index is 12.1. The fourth-order valence-corrected chi connectivity index (χ4v) is 2.58. The summed E-state index contributed by atoms with van der Waals surface area (Å²) in [6.45, 7) is 0. The Balaban J connectivity index is 1.64. The lowest BCUT2D eigenvalue weighted by atomic mass is 10.2. The molecule has 1 aromatic heterocycles. The molecule has 0 saturated heterocycles. The van der Waals surface area contributed by atoms with Crippen LogP contribution in [0, 0.1) is 0 Å². The third kappa shape index (κ3) is 4.79. The van der Waals surface area contributed by atoms with Gasteiger partial charge in [-0.3, -0.25) is 5.43 Å². The van der Waals surface area contributed by atoms with Gasteiger partial charge in [0.1, 0.15) is 11.6 Å². The number of nitrogens with two attached hydrogens (primary N) is 1. The summed E-state index contributed by atoms with van der Waals surface area (Å²) in [5.41, 5.74) is 9.50. The molecular formula is C17H13ClN4O2S. The summed E-state index contributed by atoms with van der Waals surface area (Å²) in [6.07, 6.45) is 1.59. The molecule has 8 heteroatoms. The smallest absolute Gasteiger partial charge is 0.343 e. The van der Waals surface area contributed by atoms with E-state index in [9.17, 15) is 4.79 Å². The molecule has 0 aliphatic carbocycles. The van der Waals surface area contributed by atoms with Crippen molar-refractivity contribution in [2.24, 2.45) is 5.10 Å². The predicted octanol–water partition coefficient (Wildman–Crippen LogP) is 4.04. The van der Waals surface area contributed by atoms with Gasteiger partial charge in [-0.2, -0.15) is 5.10 Å². The maximum Gasteiger partial charge on any atom is 0.343 e. The van der Waals surface area contributed by atoms with Crippen LogP contribution >= 0.6 is 22.9 Å². The summed E-state index contributed by atoms with van der Waals surface area (Å²) in [7, 11) is 0. The Kier molecular flexibility index (Phi) is 5.27. The van der Waals surface area contributed by atoms with Gasteiger partial charge in [0, 0.05) is 10.4 Å². The summed E-state index contributed by atoms with van der Waals surface area (Å²) < 4.78 is 5.36. The van der Waals surface area contributed by atoms with E-state index in [0.717, 1.165) is 5.56 Å². The summed E-state index contributed by atoms with van der Waals surface area (Å²) >= 11 is 7.16. The first-order valence-electron chi connectivity index (χ1n) is 7.18. The first-order valence-corrected chi connectivity index (χ1v) is 8.44. The van der Waals surface area contributed by atoms with Crippen molar-refractivity contribution in [3.63, 3.8) is 0 Å². The van der Waals surface area contributed by atoms with Crippen LogP contribution in [0.4, 0.5) is 10.9 Å². The van der Waals surface area contributed by atoms with Crippen molar-refractivity contribution >= 4 is 46.1 Å². The molecule has 0 unspecified atom stereocenters. The van der Waals surface area contributed by atoms with Crippen LogP contribution in [0.1, 0.15) is 15.9 Å². The maximum absolute atomic E-state index is 12.1. The highest BCUT2D eigenvalue weighted by molar-refractivity contribution is 7.14. The molecule has 2 aromatic carbocycles. The Labute approximate surface area is 152 Å². The zero-order valence-electron chi connectivity index (χ0n) is 12.8. The number of nitrogens with one attached hydrogen (secondary N) is 1. The number of carbonyl (C=O) groups excluding carboxylic acids is 1. The SMILES string of the molecule is Nc1csc(NN=Cc2cccc(OC(=O)c3ccc(Cl)cc3)c2)n1. The Bertz CT molecular complexity index is 909. The number of halogens is 1. The number of hydrogen-bond donors (Lipinski definition) is 2. The summed E-state index contributed by atoms with van der Waals surface area (Å²) in [4.78, 5) is 16.1. The van der Waals surface area contributed by atoms with Crippen LogP contribution in [-0.4, -0.2) is 17.2 Å². The molecule has 0 bridgehead atoms. The van der Waals surface area contributed by atoms with E-state index in [0.29, 0.717) is 27.3 Å². The predicted molar refractivity (Wildman–Crippen MR) is 101 cm³/mol. The van der Waals surface area contributed by atoms with E-state index in [1.807, 2.05) is 6.07 Å². The number of rotatable bonds is 5. The molecule has 3 rings (SSSR count). The van der Waals surface area contributed by atoms with E-state index in [1.54, 1.807) is 54.1 Å². The van der Waals surface area contributed by atoms with Crippen LogP contribution in [0.3, 0.4) is 0 Å². The molecule has 0 fully saturated rings. The molecular weight excluding hydrogens is 360 g/mol. The molecule has 0 saturated carbocycles. The van der Waals surface area contributed by atoms with E-state index in [-0.39, 0.29) is 0 Å². The number of nitrogens with zero attached hydrogens (tertiary/aromatic N) is 2. The summed E-state index contributed by atoms with van der Waals surface area (Å²) in [6, 6.07) is 13.5. The Morgan fingerprint density at radius 3 is 2.80 bits per heavy atom. The lowest BCUT2D eigenvalue weighted by Gasteiger charge is -2.05. The fourth-order valence-electron chi connectivity index (χ4n) is 1.91. The average molecular weight is 373 g/mol. The van der Waals surface area contributed by atoms with Crippen molar-refractivity contribution in [1.82, 2.24) is 4.98 Å². The molecule has 1 heterocycles. The number of aromatic nitrogens is 1. The van der Waals surface area contributed by atoms with E-state index in [4.69, 9.17) is 22.1 Å². The number of hydrazone groups is 1.